The Kier molecular flexibility index (Phi) is 3.43. The average Bonchev–Trinajstić information content (AvgIpc) is 2.32. The van der Waals surface area contributed by atoms with Gasteiger partial charge in [0.1, 0.15) is 5.82 Å². The number of aryl methyl sites for hydroxylation is 1. The minimum absolute atomic E-state index is 0.0525. The fraction of sp³-hybridized carbons (Fsp3) is 0.462. The van der Waals surface area contributed by atoms with Crippen LogP contribution in [0.25, 0.3) is 0 Å². The minimum Gasteiger partial charge on any atom is -0.337 e. The summed E-state index contributed by atoms with van der Waals surface area (Å²) >= 11 is 0. The Bertz CT molecular complexity index is 433. The molecule has 2 N–H and O–H groups in total. The van der Waals surface area contributed by atoms with Gasteiger partial charge in [-0.3, -0.25) is 4.79 Å². The number of hydrogen-bond donors (Lipinski definition) is 1. The number of likely N-dealkylation sites (tertiary alicyclic amines) is 1. The lowest BCUT2D eigenvalue weighted by Crippen LogP contribution is -2.45. The fourth-order valence-corrected chi connectivity index (χ4v) is 2.15. The van der Waals surface area contributed by atoms with Gasteiger partial charge in [-0.1, -0.05) is 0 Å². The average molecular weight is 236 g/mol. The lowest BCUT2D eigenvalue weighted by atomic mass is 10.0. The molecule has 1 aliphatic heterocycles. The largest absolute Gasteiger partial charge is 0.337 e. The molecule has 1 fully saturated rings. The summed E-state index contributed by atoms with van der Waals surface area (Å²) < 4.78 is 13.1. The SMILES string of the molecule is Cc1cc(C(=O)N2CCC[C@H](N)C2)ccc1F. The minimum atomic E-state index is -0.281. The van der Waals surface area contributed by atoms with Crippen molar-refractivity contribution in [3.8, 4) is 0 Å². The molecule has 1 aromatic rings. The zero-order chi connectivity index (χ0) is 12.4. The van der Waals surface area contributed by atoms with Gasteiger partial charge in [0.15, 0.2) is 0 Å². The van der Waals surface area contributed by atoms with Crippen LogP contribution in [0.15, 0.2) is 18.2 Å². The van der Waals surface area contributed by atoms with Gasteiger partial charge < -0.3 is 10.6 Å². The molecule has 0 unspecified atom stereocenters. The zero-order valence-corrected chi connectivity index (χ0v) is 9.95. The van der Waals surface area contributed by atoms with E-state index in [-0.39, 0.29) is 17.8 Å². The molecule has 1 saturated heterocycles. The van der Waals surface area contributed by atoms with Crippen molar-refractivity contribution in [2.45, 2.75) is 25.8 Å². The molecule has 1 heterocycles. The molecule has 0 spiro atoms. The number of carbonyl (C=O) groups excluding carboxylic acids is 1. The summed E-state index contributed by atoms with van der Waals surface area (Å²) in [6, 6.07) is 4.53. The third-order valence-corrected chi connectivity index (χ3v) is 3.15. The molecule has 0 saturated carbocycles. The van der Waals surface area contributed by atoms with E-state index >= 15 is 0 Å². The second-order valence-corrected chi connectivity index (χ2v) is 4.62. The second-order valence-electron chi connectivity index (χ2n) is 4.62. The third-order valence-electron chi connectivity index (χ3n) is 3.15. The van der Waals surface area contributed by atoms with E-state index in [9.17, 15) is 9.18 Å². The van der Waals surface area contributed by atoms with Gasteiger partial charge >= 0.3 is 0 Å². The first kappa shape index (κ1) is 12.0. The van der Waals surface area contributed by atoms with E-state index in [4.69, 9.17) is 5.73 Å². The summed E-state index contributed by atoms with van der Waals surface area (Å²) in [5.74, 6) is -0.333. The van der Waals surface area contributed by atoms with E-state index in [0.717, 1.165) is 19.4 Å². The lowest BCUT2D eigenvalue weighted by molar-refractivity contribution is 0.0708. The number of rotatable bonds is 1. The Labute approximate surface area is 100 Å². The number of amides is 1. The first-order valence-corrected chi connectivity index (χ1v) is 5.89. The van der Waals surface area contributed by atoms with Crippen LogP contribution in [0.5, 0.6) is 0 Å². The number of hydrogen-bond acceptors (Lipinski definition) is 2. The fourth-order valence-electron chi connectivity index (χ4n) is 2.15. The molecule has 1 aliphatic rings. The number of halogens is 1. The van der Waals surface area contributed by atoms with Crippen LogP contribution in [-0.2, 0) is 0 Å². The van der Waals surface area contributed by atoms with Gasteiger partial charge in [0.05, 0.1) is 0 Å². The molecule has 0 radical (unpaired) electrons. The van der Waals surface area contributed by atoms with Crippen LogP contribution < -0.4 is 5.73 Å². The molecule has 4 heteroatoms. The summed E-state index contributed by atoms with van der Waals surface area (Å²) in [6.07, 6.45) is 1.90. The van der Waals surface area contributed by atoms with Crippen LogP contribution in [0.2, 0.25) is 0 Å². The van der Waals surface area contributed by atoms with Crippen LogP contribution in [0.4, 0.5) is 4.39 Å². The molecule has 2 rings (SSSR count). The van der Waals surface area contributed by atoms with Gasteiger partial charge in [-0.15, -0.1) is 0 Å². The molecule has 0 aromatic heterocycles. The Morgan fingerprint density at radius 2 is 2.29 bits per heavy atom. The summed E-state index contributed by atoms with van der Waals surface area (Å²) in [5, 5.41) is 0. The molecular formula is C13H17FN2O. The predicted molar refractivity (Wildman–Crippen MR) is 64.2 cm³/mol. The maximum atomic E-state index is 13.1. The second kappa shape index (κ2) is 4.84. The van der Waals surface area contributed by atoms with Crippen LogP contribution in [-0.4, -0.2) is 29.9 Å². The van der Waals surface area contributed by atoms with Crippen molar-refractivity contribution < 1.29 is 9.18 Å². The quantitative estimate of drug-likeness (QED) is 0.806. The Hall–Kier alpha value is -1.42. The van der Waals surface area contributed by atoms with E-state index in [1.807, 2.05) is 0 Å². The predicted octanol–water partition coefficient (Wildman–Crippen LogP) is 1.70. The van der Waals surface area contributed by atoms with E-state index in [1.54, 1.807) is 17.9 Å². The van der Waals surface area contributed by atoms with Crippen LogP contribution in [0.1, 0.15) is 28.8 Å². The standard InChI is InChI=1S/C13H17FN2O/c1-9-7-10(4-5-12(9)14)13(17)16-6-2-3-11(15)8-16/h4-5,7,11H,2-3,6,8,15H2,1H3/t11-/m0/s1. The van der Waals surface area contributed by atoms with Crippen molar-refractivity contribution in [2.24, 2.45) is 5.73 Å². The monoisotopic (exact) mass is 236 g/mol. The summed E-state index contributed by atoms with van der Waals surface area (Å²) in [6.45, 7) is 2.99. The molecule has 1 aromatic carbocycles. The number of carbonyl (C=O) groups is 1. The molecule has 3 nitrogen and oxygen atoms in total. The van der Waals surface area contributed by atoms with Gasteiger partial charge in [-0.25, -0.2) is 4.39 Å². The van der Waals surface area contributed by atoms with Gasteiger partial charge in [0, 0.05) is 24.7 Å². The maximum absolute atomic E-state index is 13.1. The van der Waals surface area contributed by atoms with Crippen molar-refractivity contribution in [3.05, 3.63) is 35.1 Å². The van der Waals surface area contributed by atoms with Crippen molar-refractivity contribution >= 4 is 5.91 Å². The Balaban J connectivity index is 2.15. The van der Waals surface area contributed by atoms with Crippen molar-refractivity contribution in [2.75, 3.05) is 13.1 Å². The number of nitrogens with two attached hydrogens (primary N) is 1. The smallest absolute Gasteiger partial charge is 0.253 e. The lowest BCUT2D eigenvalue weighted by Gasteiger charge is -2.30. The van der Waals surface area contributed by atoms with Crippen LogP contribution in [0.3, 0.4) is 0 Å². The summed E-state index contributed by atoms with van der Waals surface area (Å²) in [7, 11) is 0. The molecule has 0 aliphatic carbocycles. The van der Waals surface area contributed by atoms with Gasteiger partial charge in [-0.2, -0.15) is 0 Å². The molecular weight excluding hydrogens is 219 g/mol. The molecule has 1 amide bonds. The van der Waals surface area contributed by atoms with E-state index in [1.165, 1.54) is 12.1 Å². The maximum Gasteiger partial charge on any atom is 0.253 e. The highest BCUT2D eigenvalue weighted by atomic mass is 19.1. The van der Waals surface area contributed by atoms with E-state index in [2.05, 4.69) is 0 Å². The molecule has 0 bridgehead atoms. The van der Waals surface area contributed by atoms with Gasteiger partial charge in [-0.05, 0) is 43.5 Å². The van der Waals surface area contributed by atoms with Crippen LogP contribution >= 0.6 is 0 Å². The highest BCUT2D eigenvalue weighted by Crippen LogP contribution is 2.15. The van der Waals surface area contributed by atoms with E-state index in [0.29, 0.717) is 17.7 Å². The number of nitrogens with zero attached hydrogens (tertiary/aromatic N) is 1. The van der Waals surface area contributed by atoms with Crippen molar-refractivity contribution in [1.29, 1.82) is 0 Å². The summed E-state index contributed by atoms with van der Waals surface area (Å²) in [5.41, 5.74) is 6.88. The van der Waals surface area contributed by atoms with Crippen LogP contribution in [0, 0.1) is 12.7 Å². The number of piperidine rings is 1. The Morgan fingerprint density at radius 1 is 1.53 bits per heavy atom. The molecule has 92 valence electrons. The van der Waals surface area contributed by atoms with Gasteiger partial charge in [0.25, 0.3) is 5.91 Å². The third kappa shape index (κ3) is 2.64. The highest BCUT2D eigenvalue weighted by molar-refractivity contribution is 5.94. The van der Waals surface area contributed by atoms with Crippen molar-refractivity contribution in [1.82, 2.24) is 4.90 Å². The van der Waals surface area contributed by atoms with Crippen molar-refractivity contribution in [3.63, 3.8) is 0 Å². The molecule has 17 heavy (non-hydrogen) atoms. The first-order chi connectivity index (χ1) is 8.08. The normalized spacial score (nSPS) is 20.4. The summed E-state index contributed by atoms with van der Waals surface area (Å²) in [4.78, 5) is 13.9. The topological polar surface area (TPSA) is 46.3 Å². The Morgan fingerprint density at radius 3 is 2.94 bits per heavy atom. The highest BCUT2D eigenvalue weighted by Gasteiger charge is 2.22. The number of benzene rings is 1. The van der Waals surface area contributed by atoms with Gasteiger partial charge in [0.2, 0.25) is 0 Å². The molecule has 1 atom stereocenters. The van der Waals surface area contributed by atoms with E-state index < -0.39 is 0 Å². The zero-order valence-electron chi connectivity index (χ0n) is 9.95. The first-order valence-electron chi connectivity index (χ1n) is 5.89.